The molecule has 0 saturated heterocycles. The Labute approximate surface area is 84.7 Å². The number of hydrogen-bond donors (Lipinski definition) is 1. The summed E-state index contributed by atoms with van der Waals surface area (Å²) in [6.45, 7) is 5.92. The van der Waals surface area contributed by atoms with Crippen molar-refractivity contribution in [2.75, 3.05) is 6.61 Å². The first-order chi connectivity index (χ1) is 6.47. The van der Waals surface area contributed by atoms with E-state index in [-0.39, 0.29) is 0 Å². The van der Waals surface area contributed by atoms with Gasteiger partial charge in [0.2, 0.25) is 5.88 Å². The van der Waals surface area contributed by atoms with Crippen LogP contribution in [-0.2, 0) is 0 Å². The van der Waals surface area contributed by atoms with Gasteiger partial charge < -0.3 is 9.84 Å². The molecule has 0 unspecified atom stereocenters. The molecule has 0 aromatic carbocycles. The smallest absolute Gasteiger partial charge is 0.213 e. The second kappa shape index (κ2) is 4.42. The topological polar surface area (TPSA) is 42.4 Å². The highest BCUT2D eigenvalue weighted by Gasteiger charge is 2.12. The lowest BCUT2D eigenvalue weighted by Crippen LogP contribution is -2.21. The average Bonchev–Trinajstić information content (AvgIpc) is 2.01. The molecular formula is C11H16NO2. The molecule has 0 aliphatic rings. The van der Waals surface area contributed by atoms with Crippen LogP contribution in [0.15, 0.2) is 12.3 Å². The Morgan fingerprint density at radius 3 is 2.86 bits per heavy atom. The van der Waals surface area contributed by atoms with Crippen molar-refractivity contribution < 1.29 is 9.84 Å². The summed E-state index contributed by atoms with van der Waals surface area (Å²) in [4.78, 5) is 4.00. The number of hydrogen-bond acceptors (Lipinski definition) is 3. The largest absolute Gasteiger partial charge is 0.478 e. The molecule has 14 heavy (non-hydrogen) atoms. The van der Waals surface area contributed by atoms with E-state index < -0.39 is 5.60 Å². The summed E-state index contributed by atoms with van der Waals surface area (Å²) in [5, 5.41) is 9.44. The number of rotatable bonds is 4. The normalized spacial score (nSPS) is 11.4. The summed E-state index contributed by atoms with van der Waals surface area (Å²) >= 11 is 0. The molecule has 0 fully saturated rings. The molecule has 1 radical (unpaired) electrons. The molecule has 1 N–H and O–H groups in total. The van der Waals surface area contributed by atoms with E-state index in [4.69, 9.17) is 4.74 Å². The third-order valence-electron chi connectivity index (χ3n) is 1.79. The number of pyridine rings is 1. The molecule has 0 saturated carbocycles. The average molecular weight is 194 g/mol. The maximum Gasteiger partial charge on any atom is 0.213 e. The molecule has 1 heterocycles. The maximum absolute atomic E-state index is 9.44. The van der Waals surface area contributed by atoms with Crippen LogP contribution in [0.5, 0.6) is 5.88 Å². The Bertz CT molecular complexity index is 292. The fraction of sp³-hybridized carbons (Fsp3) is 0.545. The van der Waals surface area contributed by atoms with Gasteiger partial charge in [0.05, 0.1) is 12.2 Å². The number of nitrogens with zero attached hydrogens (tertiary/aromatic N) is 1. The van der Waals surface area contributed by atoms with Crippen molar-refractivity contribution in [1.82, 2.24) is 4.98 Å². The number of aryl methyl sites for hydroxylation is 1. The van der Waals surface area contributed by atoms with Crippen molar-refractivity contribution in [3.8, 4) is 5.88 Å². The monoisotopic (exact) mass is 194 g/mol. The molecule has 0 bridgehead atoms. The summed E-state index contributed by atoms with van der Waals surface area (Å²) in [5.41, 5.74) is 0.314. The highest BCUT2D eigenvalue weighted by atomic mass is 16.5. The fourth-order valence-corrected chi connectivity index (χ4v) is 0.946. The summed E-state index contributed by atoms with van der Waals surface area (Å²) in [6, 6.07) is 4.76. The minimum Gasteiger partial charge on any atom is -0.478 e. The Hall–Kier alpha value is -1.09. The van der Waals surface area contributed by atoms with E-state index >= 15 is 0 Å². The van der Waals surface area contributed by atoms with Crippen molar-refractivity contribution in [2.45, 2.75) is 32.8 Å². The lowest BCUT2D eigenvalue weighted by atomic mass is 10.1. The molecule has 77 valence electrons. The first kappa shape index (κ1) is 11.0. The minimum atomic E-state index is -0.685. The summed E-state index contributed by atoms with van der Waals surface area (Å²) in [5.74, 6) is 0.588. The zero-order valence-electron chi connectivity index (χ0n) is 8.87. The predicted molar refractivity (Wildman–Crippen MR) is 54.2 cm³/mol. The number of aromatic nitrogens is 1. The van der Waals surface area contributed by atoms with E-state index in [9.17, 15) is 5.11 Å². The SMILES string of the molecule is Cc1[c]cnc(OCCC(C)(C)O)c1. The Balaban J connectivity index is 2.39. The van der Waals surface area contributed by atoms with Crippen molar-refractivity contribution in [3.05, 3.63) is 23.9 Å². The van der Waals surface area contributed by atoms with Gasteiger partial charge in [-0.25, -0.2) is 4.98 Å². The predicted octanol–water partition coefficient (Wildman–Crippen LogP) is 1.73. The molecular weight excluding hydrogens is 178 g/mol. The number of ether oxygens (including phenoxy) is 1. The third kappa shape index (κ3) is 4.23. The maximum atomic E-state index is 9.44. The van der Waals surface area contributed by atoms with Crippen LogP contribution in [0.4, 0.5) is 0 Å². The Morgan fingerprint density at radius 2 is 2.29 bits per heavy atom. The minimum absolute atomic E-state index is 0.472. The molecule has 0 aliphatic heterocycles. The standard InChI is InChI=1S/C11H16NO2/c1-9-4-6-12-10(8-9)14-7-5-11(2,3)13/h6,8,13H,5,7H2,1-3H3. The van der Waals surface area contributed by atoms with Crippen molar-refractivity contribution in [3.63, 3.8) is 0 Å². The lowest BCUT2D eigenvalue weighted by Gasteiger charge is -2.16. The van der Waals surface area contributed by atoms with Gasteiger partial charge in [-0.3, -0.25) is 0 Å². The van der Waals surface area contributed by atoms with Gasteiger partial charge in [-0.05, 0) is 26.3 Å². The van der Waals surface area contributed by atoms with Crippen molar-refractivity contribution >= 4 is 0 Å². The zero-order chi connectivity index (χ0) is 10.6. The third-order valence-corrected chi connectivity index (χ3v) is 1.79. The van der Waals surface area contributed by atoms with Crippen LogP contribution in [0.3, 0.4) is 0 Å². The summed E-state index contributed by atoms with van der Waals surface area (Å²) in [7, 11) is 0. The molecule has 0 atom stereocenters. The van der Waals surface area contributed by atoms with Crippen LogP contribution in [0.2, 0.25) is 0 Å². The molecule has 0 amide bonds. The van der Waals surface area contributed by atoms with Gasteiger partial charge in [0, 0.05) is 24.8 Å². The molecule has 3 heteroatoms. The van der Waals surface area contributed by atoms with Crippen LogP contribution in [0, 0.1) is 13.0 Å². The quantitative estimate of drug-likeness (QED) is 0.793. The first-order valence-corrected chi connectivity index (χ1v) is 4.67. The van der Waals surface area contributed by atoms with E-state index in [0.717, 1.165) is 5.56 Å². The molecule has 1 rings (SSSR count). The van der Waals surface area contributed by atoms with Crippen LogP contribution in [-0.4, -0.2) is 22.3 Å². The zero-order valence-corrected chi connectivity index (χ0v) is 8.87. The second-order valence-electron chi connectivity index (χ2n) is 3.98. The second-order valence-corrected chi connectivity index (χ2v) is 3.98. The van der Waals surface area contributed by atoms with Crippen LogP contribution < -0.4 is 4.74 Å². The van der Waals surface area contributed by atoms with Crippen LogP contribution >= 0.6 is 0 Å². The fourth-order valence-electron chi connectivity index (χ4n) is 0.946. The first-order valence-electron chi connectivity index (χ1n) is 4.67. The molecule has 0 aliphatic carbocycles. The van der Waals surface area contributed by atoms with E-state index in [2.05, 4.69) is 11.1 Å². The van der Waals surface area contributed by atoms with Crippen LogP contribution in [0.1, 0.15) is 25.8 Å². The highest BCUT2D eigenvalue weighted by Crippen LogP contribution is 2.11. The van der Waals surface area contributed by atoms with E-state index in [1.54, 1.807) is 20.0 Å². The van der Waals surface area contributed by atoms with E-state index in [1.807, 2.05) is 13.0 Å². The molecule has 1 aromatic rings. The Morgan fingerprint density at radius 1 is 1.57 bits per heavy atom. The molecule has 0 spiro atoms. The van der Waals surface area contributed by atoms with Gasteiger partial charge in [-0.15, -0.1) is 0 Å². The van der Waals surface area contributed by atoms with E-state index in [1.165, 1.54) is 0 Å². The van der Waals surface area contributed by atoms with Gasteiger partial charge in [-0.2, -0.15) is 0 Å². The molecule has 3 nitrogen and oxygen atoms in total. The van der Waals surface area contributed by atoms with Gasteiger partial charge in [0.15, 0.2) is 0 Å². The Kier molecular flexibility index (Phi) is 3.47. The van der Waals surface area contributed by atoms with Gasteiger partial charge in [-0.1, -0.05) is 0 Å². The number of aliphatic hydroxyl groups is 1. The molecule has 1 aromatic heterocycles. The van der Waals surface area contributed by atoms with Gasteiger partial charge >= 0.3 is 0 Å². The summed E-state index contributed by atoms with van der Waals surface area (Å²) in [6.07, 6.45) is 2.18. The summed E-state index contributed by atoms with van der Waals surface area (Å²) < 4.78 is 5.37. The van der Waals surface area contributed by atoms with Crippen molar-refractivity contribution in [2.24, 2.45) is 0 Å². The highest BCUT2D eigenvalue weighted by molar-refractivity contribution is 5.17. The van der Waals surface area contributed by atoms with Gasteiger partial charge in [0.25, 0.3) is 0 Å². The van der Waals surface area contributed by atoms with E-state index in [0.29, 0.717) is 18.9 Å². The van der Waals surface area contributed by atoms with Crippen LogP contribution in [0.25, 0.3) is 0 Å². The lowest BCUT2D eigenvalue weighted by molar-refractivity contribution is 0.0547. The van der Waals surface area contributed by atoms with Crippen molar-refractivity contribution in [1.29, 1.82) is 0 Å². The van der Waals surface area contributed by atoms with Gasteiger partial charge in [0.1, 0.15) is 0 Å².